The Labute approximate surface area is 103 Å². The molecule has 1 aliphatic heterocycles. The van der Waals surface area contributed by atoms with E-state index in [0.29, 0.717) is 0 Å². The Morgan fingerprint density at radius 1 is 1.44 bits per heavy atom. The molecule has 2 rings (SSSR count). The Balaban J connectivity index is 2.27. The average molecular weight is 255 g/mol. The first-order valence-corrected chi connectivity index (χ1v) is 5.47. The molecule has 0 saturated carbocycles. The lowest BCUT2D eigenvalue weighted by Gasteiger charge is -2.09. The van der Waals surface area contributed by atoms with Crippen molar-refractivity contribution >= 4 is 5.91 Å². The molecule has 7 heteroatoms. The average Bonchev–Trinajstić information content (AvgIpc) is 2.66. The molecule has 2 heterocycles. The molecule has 0 bridgehead atoms. The second kappa shape index (κ2) is 4.99. The first-order chi connectivity index (χ1) is 8.54. The molecule has 1 saturated heterocycles. The Morgan fingerprint density at radius 2 is 2.17 bits per heavy atom. The third-order valence-corrected chi connectivity index (χ3v) is 2.92. The van der Waals surface area contributed by atoms with Crippen LogP contribution in [0.3, 0.4) is 0 Å². The van der Waals surface area contributed by atoms with Crippen LogP contribution in [0.2, 0.25) is 0 Å². The van der Waals surface area contributed by atoms with Crippen LogP contribution < -0.4 is 10.3 Å². The van der Waals surface area contributed by atoms with E-state index in [1.165, 1.54) is 16.8 Å². The van der Waals surface area contributed by atoms with Crippen LogP contribution in [0.4, 0.5) is 0 Å². The molecular formula is C11H15N2O5+. The fraction of sp³-hybridized carbons (Fsp3) is 0.455. The van der Waals surface area contributed by atoms with Crippen molar-refractivity contribution in [2.75, 3.05) is 6.61 Å². The van der Waals surface area contributed by atoms with Crippen molar-refractivity contribution in [2.45, 2.75) is 24.5 Å². The molecular weight excluding hydrogens is 240 g/mol. The lowest BCUT2D eigenvalue weighted by Crippen LogP contribution is -2.46. The summed E-state index contributed by atoms with van der Waals surface area (Å²) in [6.07, 6.45) is -1.08. The summed E-state index contributed by atoms with van der Waals surface area (Å²) in [7, 11) is 0. The van der Waals surface area contributed by atoms with Gasteiger partial charge in [0.2, 0.25) is 0 Å². The van der Waals surface area contributed by atoms with Gasteiger partial charge in [-0.05, 0) is 6.07 Å². The maximum Gasteiger partial charge on any atom is 0.292 e. The van der Waals surface area contributed by atoms with E-state index in [-0.39, 0.29) is 5.56 Å². The number of aliphatic hydroxyl groups excluding tert-OH is 3. The number of ether oxygens (including phenoxy) is 1. The Bertz CT molecular complexity index is 453. The number of amides is 1. The number of primary amides is 1. The maximum atomic E-state index is 11.1. The van der Waals surface area contributed by atoms with Gasteiger partial charge in [0.25, 0.3) is 12.1 Å². The molecule has 1 fully saturated rings. The highest BCUT2D eigenvalue weighted by molar-refractivity contribution is 5.92. The monoisotopic (exact) mass is 255 g/mol. The van der Waals surface area contributed by atoms with Crippen molar-refractivity contribution in [1.82, 2.24) is 0 Å². The van der Waals surface area contributed by atoms with E-state index < -0.39 is 37.1 Å². The molecule has 1 aromatic rings. The predicted molar refractivity (Wildman–Crippen MR) is 58.2 cm³/mol. The number of rotatable bonds is 3. The van der Waals surface area contributed by atoms with Crippen molar-refractivity contribution in [3.63, 3.8) is 0 Å². The molecule has 1 aromatic heterocycles. The summed E-state index contributed by atoms with van der Waals surface area (Å²) >= 11 is 0. The molecule has 1 amide bonds. The van der Waals surface area contributed by atoms with Gasteiger partial charge in [0.1, 0.15) is 17.8 Å². The minimum absolute atomic E-state index is 0.259. The summed E-state index contributed by atoms with van der Waals surface area (Å²) in [6, 6.07) is 3.11. The zero-order chi connectivity index (χ0) is 13.3. The first kappa shape index (κ1) is 12.9. The zero-order valence-electron chi connectivity index (χ0n) is 9.51. The van der Waals surface area contributed by atoms with Crippen LogP contribution in [0.5, 0.6) is 0 Å². The van der Waals surface area contributed by atoms with Crippen LogP contribution in [-0.4, -0.2) is 46.1 Å². The molecule has 0 radical (unpaired) electrons. The van der Waals surface area contributed by atoms with Crippen molar-refractivity contribution in [1.29, 1.82) is 0 Å². The van der Waals surface area contributed by atoms with Gasteiger partial charge in [-0.15, -0.1) is 0 Å². The standard InChI is InChI=1S/C11H14N2O5/c12-10(17)6-2-1-3-13(4-6)11-9(16)8(15)7(5-14)18-11/h1-4,7-9,11,14-16H,5H2,(H-,12,17)/p+1/t7-,8-,9?,11-/m1/s1. The van der Waals surface area contributed by atoms with Crippen LogP contribution in [0.1, 0.15) is 16.6 Å². The largest absolute Gasteiger partial charge is 0.394 e. The van der Waals surface area contributed by atoms with Crippen molar-refractivity contribution < 1.29 is 29.4 Å². The smallest absolute Gasteiger partial charge is 0.292 e. The molecule has 18 heavy (non-hydrogen) atoms. The molecule has 1 aliphatic rings. The van der Waals surface area contributed by atoms with E-state index in [9.17, 15) is 15.0 Å². The lowest BCUT2D eigenvalue weighted by atomic mass is 10.1. The molecule has 4 atom stereocenters. The van der Waals surface area contributed by atoms with Crippen molar-refractivity contribution in [3.8, 4) is 0 Å². The molecule has 98 valence electrons. The van der Waals surface area contributed by atoms with E-state index in [1.807, 2.05) is 0 Å². The number of hydrogen-bond acceptors (Lipinski definition) is 5. The number of pyridine rings is 1. The lowest BCUT2D eigenvalue weighted by molar-refractivity contribution is -0.765. The predicted octanol–water partition coefficient (Wildman–Crippen LogP) is -2.32. The van der Waals surface area contributed by atoms with E-state index in [2.05, 4.69) is 0 Å². The summed E-state index contributed by atoms with van der Waals surface area (Å²) in [5, 5.41) is 28.4. The highest BCUT2D eigenvalue weighted by Crippen LogP contribution is 2.24. The van der Waals surface area contributed by atoms with Crippen LogP contribution in [-0.2, 0) is 4.74 Å². The van der Waals surface area contributed by atoms with E-state index in [0.717, 1.165) is 0 Å². The highest BCUT2D eigenvalue weighted by Gasteiger charge is 2.47. The number of aliphatic hydroxyl groups is 3. The summed E-state index contributed by atoms with van der Waals surface area (Å²) in [4.78, 5) is 11.1. The topological polar surface area (TPSA) is 117 Å². The van der Waals surface area contributed by atoms with Gasteiger partial charge in [0.05, 0.1) is 6.61 Å². The zero-order valence-corrected chi connectivity index (χ0v) is 9.51. The number of carbonyl (C=O) groups is 1. The van der Waals surface area contributed by atoms with Crippen LogP contribution in [0.25, 0.3) is 0 Å². The fourth-order valence-corrected chi connectivity index (χ4v) is 1.92. The molecule has 0 aliphatic carbocycles. The fourth-order valence-electron chi connectivity index (χ4n) is 1.92. The molecule has 1 unspecified atom stereocenters. The van der Waals surface area contributed by atoms with E-state index >= 15 is 0 Å². The first-order valence-electron chi connectivity index (χ1n) is 5.47. The Hall–Kier alpha value is -1.54. The third kappa shape index (κ3) is 2.21. The maximum absolute atomic E-state index is 11.1. The van der Waals surface area contributed by atoms with E-state index in [4.69, 9.17) is 15.6 Å². The number of carbonyl (C=O) groups excluding carboxylic acids is 1. The SMILES string of the molecule is NC(=O)c1ccc[n+]([C@@H]2O[C@H](CO)[C@@H](O)C2O)c1. The Kier molecular flexibility index (Phi) is 3.58. The molecule has 5 N–H and O–H groups in total. The summed E-state index contributed by atoms with van der Waals surface area (Å²) in [5.74, 6) is -0.601. The van der Waals surface area contributed by atoms with Gasteiger partial charge in [-0.2, -0.15) is 4.57 Å². The van der Waals surface area contributed by atoms with Gasteiger partial charge in [-0.25, -0.2) is 0 Å². The summed E-state index contributed by atoms with van der Waals surface area (Å²) in [6.45, 7) is -0.398. The normalized spacial score (nSPS) is 31.5. The van der Waals surface area contributed by atoms with Gasteiger partial charge >= 0.3 is 0 Å². The van der Waals surface area contributed by atoms with Crippen molar-refractivity contribution in [3.05, 3.63) is 30.1 Å². The third-order valence-electron chi connectivity index (χ3n) is 2.92. The quantitative estimate of drug-likeness (QED) is 0.453. The van der Waals surface area contributed by atoms with Crippen LogP contribution in [0, 0.1) is 0 Å². The highest BCUT2D eigenvalue weighted by atomic mass is 16.6. The van der Waals surface area contributed by atoms with Crippen molar-refractivity contribution in [2.24, 2.45) is 5.73 Å². The number of hydrogen-bond donors (Lipinski definition) is 4. The summed E-state index contributed by atoms with van der Waals surface area (Å²) in [5.41, 5.74) is 5.41. The van der Waals surface area contributed by atoms with Gasteiger partial charge in [-0.3, -0.25) is 4.79 Å². The number of nitrogens with two attached hydrogens (primary N) is 1. The van der Waals surface area contributed by atoms with Gasteiger partial charge in [0, 0.05) is 6.07 Å². The molecule has 0 aromatic carbocycles. The second-order valence-electron chi connectivity index (χ2n) is 4.13. The molecule has 0 spiro atoms. The van der Waals surface area contributed by atoms with E-state index in [1.54, 1.807) is 12.3 Å². The Morgan fingerprint density at radius 3 is 2.72 bits per heavy atom. The van der Waals surface area contributed by atoms with Gasteiger partial charge in [0.15, 0.2) is 18.5 Å². The number of nitrogens with zero attached hydrogens (tertiary/aromatic N) is 1. The van der Waals surface area contributed by atoms with Crippen LogP contribution >= 0.6 is 0 Å². The molecule has 7 nitrogen and oxygen atoms in total. The van der Waals surface area contributed by atoms with Gasteiger partial charge < -0.3 is 25.8 Å². The number of aromatic nitrogens is 1. The summed E-state index contributed by atoms with van der Waals surface area (Å²) < 4.78 is 6.75. The minimum atomic E-state index is -1.18. The van der Waals surface area contributed by atoms with Crippen LogP contribution in [0.15, 0.2) is 24.5 Å². The second-order valence-corrected chi connectivity index (χ2v) is 4.13. The van der Waals surface area contributed by atoms with Gasteiger partial charge in [-0.1, -0.05) is 0 Å². The minimum Gasteiger partial charge on any atom is -0.394 e.